The average molecular weight is 232 g/mol. The van der Waals surface area contributed by atoms with E-state index in [2.05, 4.69) is 9.53 Å². The van der Waals surface area contributed by atoms with Crippen LogP contribution in [0, 0.1) is 0 Å². The molecular formula is C9H16N2O5. The van der Waals surface area contributed by atoms with Gasteiger partial charge in [-0.1, -0.05) is 0 Å². The second kappa shape index (κ2) is 11.8. The molecule has 7 nitrogen and oxygen atoms in total. The van der Waals surface area contributed by atoms with Crippen molar-refractivity contribution in [1.82, 2.24) is 0 Å². The van der Waals surface area contributed by atoms with Gasteiger partial charge >= 0.3 is 12.2 Å². The Bertz CT molecular complexity index is 228. The average Bonchev–Trinajstić information content (AvgIpc) is 2.27. The number of hydrogen-bond donors (Lipinski definition) is 0. The minimum absolute atomic E-state index is 0.114. The van der Waals surface area contributed by atoms with Crippen LogP contribution in [0.1, 0.15) is 0 Å². The number of ether oxygens (including phenoxy) is 4. The number of carbonyl (C=O) groups is 1. The van der Waals surface area contributed by atoms with E-state index in [0.717, 1.165) is 0 Å². The molecule has 0 saturated heterocycles. The Morgan fingerprint density at radius 1 is 1.12 bits per heavy atom. The van der Waals surface area contributed by atoms with Gasteiger partial charge in [-0.3, -0.25) is 0 Å². The van der Waals surface area contributed by atoms with E-state index in [1.165, 1.54) is 0 Å². The van der Waals surface area contributed by atoms with Crippen LogP contribution in [0.5, 0.6) is 0 Å². The zero-order valence-electron chi connectivity index (χ0n) is 9.26. The number of methoxy groups -OCH3 is 1. The van der Waals surface area contributed by atoms with E-state index in [1.807, 2.05) is 0 Å². The summed E-state index contributed by atoms with van der Waals surface area (Å²) in [6.45, 7) is 2.37. The van der Waals surface area contributed by atoms with Crippen LogP contribution in [0.2, 0.25) is 0 Å². The Morgan fingerprint density at radius 2 is 1.69 bits per heavy atom. The Kier molecular flexibility index (Phi) is 10.9. The molecule has 0 fully saturated rings. The first-order chi connectivity index (χ1) is 7.81. The molecule has 0 bridgehead atoms. The molecule has 0 rings (SSSR count). The van der Waals surface area contributed by atoms with E-state index >= 15 is 0 Å². The van der Waals surface area contributed by atoms with Crippen molar-refractivity contribution in [2.24, 2.45) is 0 Å². The van der Waals surface area contributed by atoms with E-state index in [4.69, 9.17) is 19.7 Å². The van der Waals surface area contributed by atoms with E-state index in [0.29, 0.717) is 32.6 Å². The Labute approximate surface area is 93.9 Å². The molecule has 0 aliphatic rings. The van der Waals surface area contributed by atoms with Gasteiger partial charge in [-0.05, 0) is 0 Å². The van der Waals surface area contributed by atoms with Gasteiger partial charge in [0.05, 0.1) is 33.0 Å². The lowest BCUT2D eigenvalue weighted by Crippen LogP contribution is -2.14. The van der Waals surface area contributed by atoms with Gasteiger partial charge in [0.15, 0.2) is 0 Å². The van der Waals surface area contributed by atoms with E-state index in [-0.39, 0.29) is 13.2 Å². The Hall–Kier alpha value is -1.27. The molecule has 0 spiro atoms. The highest BCUT2D eigenvalue weighted by molar-refractivity contribution is 6.20. The number of rotatable bonds is 10. The highest BCUT2D eigenvalue weighted by atomic mass is 16.6. The monoisotopic (exact) mass is 232 g/mol. The lowest BCUT2D eigenvalue weighted by molar-refractivity contribution is -0.140. The van der Waals surface area contributed by atoms with E-state index in [9.17, 15) is 4.79 Å². The predicted octanol–water partition coefficient (Wildman–Crippen LogP) is -0.490. The molecule has 0 N–H and O–H groups in total. The van der Waals surface area contributed by atoms with Crippen molar-refractivity contribution in [1.29, 1.82) is 0 Å². The molecule has 16 heavy (non-hydrogen) atoms. The Balaban J connectivity index is 3.09. The van der Waals surface area contributed by atoms with Crippen molar-refractivity contribution in [3.05, 3.63) is 5.53 Å². The van der Waals surface area contributed by atoms with Gasteiger partial charge in [-0.2, -0.15) is 4.79 Å². The second-order valence-electron chi connectivity index (χ2n) is 2.63. The molecule has 0 atom stereocenters. The highest BCUT2D eigenvalue weighted by Gasteiger charge is 2.01. The maximum Gasteiger partial charge on any atom is 0.413 e. The summed E-state index contributed by atoms with van der Waals surface area (Å²) in [7, 11) is 1.60. The third-order valence-electron chi connectivity index (χ3n) is 1.44. The molecule has 0 aromatic rings. The first-order valence-corrected chi connectivity index (χ1v) is 4.80. The van der Waals surface area contributed by atoms with Crippen molar-refractivity contribution in [3.63, 3.8) is 0 Å². The van der Waals surface area contributed by atoms with Crippen LogP contribution in [0.4, 0.5) is 0 Å². The van der Waals surface area contributed by atoms with Crippen LogP contribution in [0.3, 0.4) is 0 Å². The van der Waals surface area contributed by atoms with Gasteiger partial charge in [0, 0.05) is 7.11 Å². The smallest absolute Gasteiger partial charge is 0.413 e. The molecular weight excluding hydrogens is 216 g/mol. The van der Waals surface area contributed by atoms with Crippen molar-refractivity contribution >= 4 is 12.2 Å². The molecule has 0 aromatic carbocycles. The summed E-state index contributed by atoms with van der Waals surface area (Å²) in [5.74, 6) is -0.706. The lowest BCUT2D eigenvalue weighted by Gasteiger charge is -2.04. The van der Waals surface area contributed by atoms with Crippen molar-refractivity contribution < 1.29 is 28.5 Å². The van der Waals surface area contributed by atoms with Gasteiger partial charge in [-0.25, -0.2) is 4.79 Å². The fourth-order valence-corrected chi connectivity index (χ4v) is 0.750. The predicted molar refractivity (Wildman–Crippen MR) is 54.2 cm³/mol. The van der Waals surface area contributed by atoms with Crippen LogP contribution in [-0.2, 0) is 23.7 Å². The minimum Gasteiger partial charge on any atom is -0.455 e. The third kappa shape index (κ3) is 10.8. The molecule has 0 aromatic heterocycles. The van der Waals surface area contributed by atoms with Crippen molar-refractivity contribution in [2.45, 2.75) is 0 Å². The molecule has 0 aliphatic carbocycles. The molecule has 0 amide bonds. The standard InChI is InChI=1S/C9H16N2O5/c1-13-2-3-14-4-5-15-6-7-16-9(12)8-11-10/h8H,2-7H2,1H3. The fraction of sp³-hybridized carbons (Fsp3) is 0.778. The largest absolute Gasteiger partial charge is 0.455 e. The molecule has 0 unspecified atom stereocenters. The fourth-order valence-electron chi connectivity index (χ4n) is 0.750. The third-order valence-corrected chi connectivity index (χ3v) is 1.44. The SMILES string of the molecule is COCCOCCOCCOC(=O)C=[N+]=[N-]. The minimum atomic E-state index is -0.706. The van der Waals surface area contributed by atoms with Crippen molar-refractivity contribution in [3.8, 4) is 0 Å². The summed E-state index contributed by atoms with van der Waals surface area (Å²) in [5.41, 5.74) is 7.99. The van der Waals surface area contributed by atoms with Crippen LogP contribution in [-0.4, -0.2) is 63.7 Å². The topological polar surface area (TPSA) is 90.4 Å². The molecule has 0 heterocycles. The van der Waals surface area contributed by atoms with Crippen LogP contribution < -0.4 is 0 Å². The van der Waals surface area contributed by atoms with E-state index in [1.54, 1.807) is 7.11 Å². The molecule has 0 radical (unpaired) electrons. The van der Waals surface area contributed by atoms with Gasteiger partial charge in [0.2, 0.25) is 0 Å². The summed E-state index contributed by atoms with van der Waals surface area (Å²) in [4.78, 5) is 13.1. The number of esters is 1. The Morgan fingerprint density at radius 3 is 2.25 bits per heavy atom. The number of carbonyl (C=O) groups excluding carboxylic acids is 1. The maximum atomic E-state index is 10.6. The summed E-state index contributed by atoms with van der Waals surface area (Å²) in [6.07, 6.45) is 0.674. The van der Waals surface area contributed by atoms with Gasteiger partial charge in [0.25, 0.3) is 0 Å². The summed E-state index contributed by atoms with van der Waals surface area (Å²) in [5, 5.41) is 0. The van der Waals surface area contributed by atoms with Gasteiger partial charge in [0.1, 0.15) is 6.61 Å². The van der Waals surface area contributed by atoms with Crippen molar-refractivity contribution in [2.75, 3.05) is 46.8 Å². The zero-order valence-corrected chi connectivity index (χ0v) is 9.26. The highest BCUT2D eigenvalue weighted by Crippen LogP contribution is 1.81. The lowest BCUT2D eigenvalue weighted by atomic mass is 10.7. The van der Waals surface area contributed by atoms with Gasteiger partial charge < -0.3 is 24.5 Å². The molecule has 0 saturated carbocycles. The molecule has 7 heteroatoms. The number of hydrogen-bond acceptors (Lipinski definition) is 5. The van der Waals surface area contributed by atoms with Crippen LogP contribution >= 0.6 is 0 Å². The zero-order chi connectivity index (χ0) is 12.1. The summed E-state index contributed by atoms with van der Waals surface area (Å²) >= 11 is 0. The van der Waals surface area contributed by atoms with Gasteiger partial charge in [-0.15, -0.1) is 0 Å². The quantitative estimate of drug-likeness (QED) is 0.167. The van der Waals surface area contributed by atoms with Crippen LogP contribution in [0.25, 0.3) is 5.53 Å². The first kappa shape index (κ1) is 14.7. The normalized spacial score (nSPS) is 9.56. The second-order valence-corrected chi connectivity index (χ2v) is 2.63. The maximum absolute atomic E-state index is 10.6. The number of nitrogens with zero attached hydrogens (tertiary/aromatic N) is 2. The first-order valence-electron chi connectivity index (χ1n) is 4.80. The summed E-state index contributed by atoms with van der Waals surface area (Å²) < 4.78 is 19.6. The molecule has 0 aliphatic heterocycles. The van der Waals surface area contributed by atoms with Crippen LogP contribution in [0.15, 0.2) is 0 Å². The molecule has 92 valence electrons. The van der Waals surface area contributed by atoms with E-state index < -0.39 is 5.97 Å². The summed E-state index contributed by atoms with van der Waals surface area (Å²) in [6, 6.07) is 0.